The normalized spacial score (nSPS) is 10.7. The number of rotatable bonds is 4. The number of hydrogen-bond donors (Lipinski definition) is 1. The van der Waals surface area contributed by atoms with Gasteiger partial charge in [0.15, 0.2) is 0 Å². The molecule has 106 valence electrons. The molecule has 1 aromatic heterocycles. The first-order valence-electron chi connectivity index (χ1n) is 6.33. The molecule has 0 atom stereocenters. The van der Waals surface area contributed by atoms with E-state index in [9.17, 15) is 0 Å². The molecule has 0 amide bonds. The van der Waals surface area contributed by atoms with Crippen molar-refractivity contribution in [2.24, 2.45) is 0 Å². The molecule has 0 radical (unpaired) electrons. The molecule has 0 saturated carbocycles. The Morgan fingerprint density at radius 2 is 1.80 bits per heavy atom. The molecule has 2 rings (SSSR count). The van der Waals surface area contributed by atoms with Gasteiger partial charge in [0.05, 0.1) is 7.11 Å². The first-order chi connectivity index (χ1) is 9.49. The van der Waals surface area contributed by atoms with Crippen LogP contribution in [0.4, 0.5) is 5.95 Å². The van der Waals surface area contributed by atoms with Crippen LogP contribution in [0.3, 0.4) is 0 Å². The Labute approximate surface area is 118 Å². The molecule has 1 aromatic carbocycles. The van der Waals surface area contributed by atoms with Crippen molar-refractivity contribution >= 4 is 5.95 Å². The van der Waals surface area contributed by atoms with Gasteiger partial charge in [-0.25, -0.2) is 0 Å². The van der Waals surface area contributed by atoms with Gasteiger partial charge < -0.3 is 15.2 Å². The smallest absolute Gasteiger partial charge is 0.330 e. The van der Waals surface area contributed by atoms with Gasteiger partial charge in [-0.05, 0) is 36.1 Å². The Bertz CT molecular complexity index is 614. The highest BCUT2D eigenvalue weighted by molar-refractivity contribution is 5.37. The van der Waals surface area contributed by atoms with Gasteiger partial charge in [0.1, 0.15) is 5.75 Å². The van der Waals surface area contributed by atoms with Crippen molar-refractivity contribution in [2.45, 2.75) is 26.7 Å². The van der Waals surface area contributed by atoms with Gasteiger partial charge in [0.25, 0.3) is 0 Å². The maximum Gasteiger partial charge on any atom is 0.330 e. The highest BCUT2D eigenvalue weighted by atomic mass is 16.5. The predicted molar refractivity (Wildman–Crippen MR) is 76.1 cm³/mol. The van der Waals surface area contributed by atoms with E-state index in [0.717, 1.165) is 5.56 Å². The van der Waals surface area contributed by atoms with E-state index < -0.39 is 0 Å². The SMILES string of the molecule is COc1nc(N)nc(Oc2ccc(C(C)C)c(C)c2)n1. The molecule has 0 aliphatic carbocycles. The van der Waals surface area contributed by atoms with E-state index in [2.05, 4.69) is 28.8 Å². The number of anilines is 1. The lowest BCUT2D eigenvalue weighted by molar-refractivity contribution is 0.360. The predicted octanol–water partition coefficient (Wildman–Crippen LogP) is 2.69. The van der Waals surface area contributed by atoms with E-state index >= 15 is 0 Å². The Hall–Kier alpha value is -2.37. The molecule has 0 fully saturated rings. The zero-order chi connectivity index (χ0) is 14.7. The summed E-state index contributed by atoms with van der Waals surface area (Å²) in [6.45, 7) is 6.35. The number of ether oxygens (including phenoxy) is 2. The standard InChI is InChI=1S/C14H18N4O2/c1-8(2)11-6-5-10(7-9(11)3)20-14-17-12(15)16-13(18-14)19-4/h5-8H,1-4H3,(H2,15,16,17,18). The van der Waals surface area contributed by atoms with E-state index in [4.69, 9.17) is 15.2 Å². The molecular formula is C14H18N4O2. The molecular weight excluding hydrogens is 256 g/mol. The zero-order valence-electron chi connectivity index (χ0n) is 12.0. The second-order valence-corrected chi connectivity index (χ2v) is 4.74. The highest BCUT2D eigenvalue weighted by Crippen LogP contribution is 2.26. The largest absolute Gasteiger partial charge is 0.467 e. The molecule has 0 bridgehead atoms. The fourth-order valence-corrected chi connectivity index (χ4v) is 1.95. The van der Waals surface area contributed by atoms with Crippen LogP contribution < -0.4 is 15.2 Å². The second-order valence-electron chi connectivity index (χ2n) is 4.74. The summed E-state index contributed by atoms with van der Waals surface area (Å²) in [6.07, 6.45) is 0. The van der Waals surface area contributed by atoms with Crippen LogP contribution in [0.25, 0.3) is 0 Å². The summed E-state index contributed by atoms with van der Waals surface area (Å²) in [5.74, 6) is 1.18. The lowest BCUT2D eigenvalue weighted by atomic mass is 9.98. The third kappa shape index (κ3) is 3.14. The van der Waals surface area contributed by atoms with Crippen molar-refractivity contribution in [1.29, 1.82) is 0 Å². The van der Waals surface area contributed by atoms with Crippen LogP contribution >= 0.6 is 0 Å². The monoisotopic (exact) mass is 274 g/mol. The van der Waals surface area contributed by atoms with Crippen LogP contribution in [0.2, 0.25) is 0 Å². The van der Waals surface area contributed by atoms with E-state index in [-0.39, 0.29) is 18.0 Å². The minimum atomic E-state index is 0.0578. The molecule has 0 saturated heterocycles. The topological polar surface area (TPSA) is 83.2 Å². The van der Waals surface area contributed by atoms with Gasteiger partial charge in [-0.1, -0.05) is 19.9 Å². The molecule has 0 aliphatic heterocycles. The van der Waals surface area contributed by atoms with Gasteiger partial charge in [-0.2, -0.15) is 9.97 Å². The van der Waals surface area contributed by atoms with Crippen LogP contribution in [0.5, 0.6) is 17.8 Å². The fourth-order valence-electron chi connectivity index (χ4n) is 1.95. The maximum atomic E-state index is 5.60. The second kappa shape index (κ2) is 5.73. The summed E-state index contributed by atoms with van der Waals surface area (Å²) >= 11 is 0. The van der Waals surface area contributed by atoms with Gasteiger partial charge in [-0.15, -0.1) is 4.98 Å². The third-order valence-corrected chi connectivity index (χ3v) is 2.87. The minimum Gasteiger partial charge on any atom is -0.467 e. The number of benzene rings is 1. The summed E-state index contributed by atoms with van der Waals surface area (Å²) in [4.78, 5) is 11.7. The molecule has 1 heterocycles. The quantitative estimate of drug-likeness (QED) is 0.922. The Balaban J connectivity index is 2.26. The van der Waals surface area contributed by atoms with Gasteiger partial charge in [-0.3, -0.25) is 0 Å². The van der Waals surface area contributed by atoms with Crippen LogP contribution in [0, 0.1) is 6.92 Å². The van der Waals surface area contributed by atoms with E-state index in [0.29, 0.717) is 11.7 Å². The fraction of sp³-hybridized carbons (Fsp3) is 0.357. The van der Waals surface area contributed by atoms with Crippen molar-refractivity contribution in [3.8, 4) is 17.8 Å². The zero-order valence-corrected chi connectivity index (χ0v) is 12.0. The number of methoxy groups -OCH3 is 1. The number of nitrogens with two attached hydrogens (primary N) is 1. The maximum absolute atomic E-state index is 5.60. The Kier molecular flexibility index (Phi) is 4.02. The van der Waals surface area contributed by atoms with Gasteiger partial charge in [0, 0.05) is 0 Å². The number of aryl methyl sites for hydroxylation is 1. The summed E-state index contributed by atoms with van der Waals surface area (Å²) in [7, 11) is 1.46. The number of nitrogen functional groups attached to an aromatic ring is 1. The van der Waals surface area contributed by atoms with Crippen molar-refractivity contribution in [3.05, 3.63) is 29.3 Å². The Morgan fingerprint density at radius 1 is 1.10 bits per heavy atom. The van der Waals surface area contributed by atoms with Crippen molar-refractivity contribution in [3.63, 3.8) is 0 Å². The van der Waals surface area contributed by atoms with Crippen LogP contribution in [0.1, 0.15) is 30.9 Å². The molecule has 6 nitrogen and oxygen atoms in total. The first-order valence-corrected chi connectivity index (χ1v) is 6.33. The molecule has 20 heavy (non-hydrogen) atoms. The average Bonchev–Trinajstić information content (AvgIpc) is 2.37. The average molecular weight is 274 g/mol. The molecule has 2 N–H and O–H groups in total. The summed E-state index contributed by atoms with van der Waals surface area (Å²) < 4.78 is 10.5. The van der Waals surface area contributed by atoms with Crippen molar-refractivity contribution in [1.82, 2.24) is 15.0 Å². The van der Waals surface area contributed by atoms with E-state index in [1.807, 2.05) is 25.1 Å². The first kappa shape index (κ1) is 14.0. The van der Waals surface area contributed by atoms with E-state index in [1.54, 1.807) is 0 Å². The van der Waals surface area contributed by atoms with Crippen LogP contribution in [-0.4, -0.2) is 22.1 Å². The summed E-state index contributed by atoms with van der Waals surface area (Å²) in [5.41, 5.74) is 8.00. The highest BCUT2D eigenvalue weighted by Gasteiger charge is 2.09. The van der Waals surface area contributed by atoms with Gasteiger partial charge >= 0.3 is 12.0 Å². The van der Waals surface area contributed by atoms with Crippen molar-refractivity contribution in [2.75, 3.05) is 12.8 Å². The van der Waals surface area contributed by atoms with Crippen LogP contribution in [0.15, 0.2) is 18.2 Å². The van der Waals surface area contributed by atoms with Crippen LogP contribution in [-0.2, 0) is 0 Å². The summed E-state index contributed by atoms with van der Waals surface area (Å²) in [6, 6.07) is 6.11. The number of hydrogen-bond acceptors (Lipinski definition) is 6. The number of aromatic nitrogens is 3. The summed E-state index contributed by atoms with van der Waals surface area (Å²) in [5, 5.41) is 0. The van der Waals surface area contributed by atoms with E-state index in [1.165, 1.54) is 12.7 Å². The molecule has 0 aliphatic rings. The number of nitrogens with zero attached hydrogens (tertiary/aromatic N) is 3. The molecule has 0 unspecified atom stereocenters. The van der Waals surface area contributed by atoms with Crippen molar-refractivity contribution < 1.29 is 9.47 Å². The van der Waals surface area contributed by atoms with Gasteiger partial charge in [0.2, 0.25) is 5.95 Å². The third-order valence-electron chi connectivity index (χ3n) is 2.87. The molecule has 2 aromatic rings. The lowest BCUT2D eigenvalue weighted by Gasteiger charge is -2.11. The Morgan fingerprint density at radius 3 is 2.40 bits per heavy atom. The minimum absolute atomic E-state index is 0.0578. The lowest BCUT2D eigenvalue weighted by Crippen LogP contribution is -2.03. The molecule has 0 spiro atoms. The molecule has 6 heteroatoms.